The van der Waals surface area contributed by atoms with Crippen LogP contribution in [-0.2, 0) is 4.79 Å². The van der Waals surface area contributed by atoms with Crippen molar-refractivity contribution in [2.45, 2.75) is 6.04 Å². The van der Waals surface area contributed by atoms with Gasteiger partial charge < -0.3 is 5.32 Å². The molecule has 6 nitrogen and oxygen atoms in total. The lowest BCUT2D eigenvalue weighted by atomic mass is 10.1. The van der Waals surface area contributed by atoms with E-state index in [1.807, 2.05) is 48.5 Å². The minimum Gasteiger partial charge on any atom is -0.324 e. The number of nitrogens with one attached hydrogen (secondary N) is 2. The van der Waals surface area contributed by atoms with Gasteiger partial charge in [0.2, 0.25) is 0 Å². The zero-order chi connectivity index (χ0) is 16.4. The first-order valence-corrected chi connectivity index (χ1v) is 7.59. The van der Waals surface area contributed by atoms with Crippen LogP contribution in [0.25, 0.3) is 10.9 Å². The highest BCUT2D eigenvalue weighted by molar-refractivity contribution is 5.97. The Morgan fingerprint density at radius 3 is 2.79 bits per heavy atom. The summed E-state index contributed by atoms with van der Waals surface area (Å²) in [6.45, 7) is 0. The summed E-state index contributed by atoms with van der Waals surface area (Å²) in [5.74, 6) is -0.149. The van der Waals surface area contributed by atoms with Crippen LogP contribution in [0, 0.1) is 0 Å². The van der Waals surface area contributed by atoms with Gasteiger partial charge in [-0.1, -0.05) is 30.3 Å². The van der Waals surface area contributed by atoms with Crippen LogP contribution in [0.1, 0.15) is 11.6 Å². The van der Waals surface area contributed by atoms with Crippen LogP contribution in [0.2, 0.25) is 0 Å². The molecule has 1 unspecified atom stereocenters. The Kier molecular flexibility index (Phi) is 3.55. The highest BCUT2D eigenvalue weighted by Crippen LogP contribution is 2.22. The maximum absolute atomic E-state index is 12.9. The molecule has 2 aromatic heterocycles. The fraction of sp³-hybridized carbons (Fsp3) is 0.0556. The Hall–Kier alpha value is -3.41. The van der Waals surface area contributed by atoms with Crippen LogP contribution < -0.4 is 5.32 Å². The molecule has 24 heavy (non-hydrogen) atoms. The van der Waals surface area contributed by atoms with E-state index in [9.17, 15) is 4.79 Å². The highest BCUT2D eigenvalue weighted by atomic mass is 16.2. The van der Waals surface area contributed by atoms with Crippen molar-refractivity contribution in [1.82, 2.24) is 20.0 Å². The van der Waals surface area contributed by atoms with Gasteiger partial charge in [-0.2, -0.15) is 10.2 Å². The summed E-state index contributed by atoms with van der Waals surface area (Å²) in [6, 6.07) is 16.5. The van der Waals surface area contributed by atoms with E-state index in [0.29, 0.717) is 5.69 Å². The minimum atomic E-state index is -0.529. The van der Waals surface area contributed by atoms with Crippen molar-refractivity contribution in [3.05, 3.63) is 78.8 Å². The number of benzene rings is 2. The molecule has 6 heteroatoms. The third-order valence-electron chi connectivity index (χ3n) is 3.86. The first-order valence-electron chi connectivity index (χ1n) is 7.59. The van der Waals surface area contributed by atoms with E-state index >= 15 is 0 Å². The molecule has 118 valence electrons. The van der Waals surface area contributed by atoms with Crippen LogP contribution in [0.15, 0.2) is 73.2 Å². The second kappa shape index (κ2) is 6.00. The van der Waals surface area contributed by atoms with Crippen molar-refractivity contribution in [1.29, 1.82) is 0 Å². The van der Waals surface area contributed by atoms with Crippen LogP contribution in [0.5, 0.6) is 0 Å². The lowest BCUT2D eigenvalue weighted by Crippen LogP contribution is -2.27. The normalized spacial score (nSPS) is 12.2. The average Bonchev–Trinajstić information content (AvgIpc) is 3.27. The molecule has 1 amide bonds. The zero-order valence-corrected chi connectivity index (χ0v) is 12.8. The van der Waals surface area contributed by atoms with E-state index in [1.165, 1.54) is 0 Å². The number of rotatable bonds is 4. The van der Waals surface area contributed by atoms with Gasteiger partial charge in [0.15, 0.2) is 6.04 Å². The van der Waals surface area contributed by atoms with Crippen molar-refractivity contribution < 1.29 is 4.79 Å². The van der Waals surface area contributed by atoms with Crippen molar-refractivity contribution in [3.8, 4) is 0 Å². The summed E-state index contributed by atoms with van der Waals surface area (Å²) in [6.07, 6.45) is 5.20. The first-order chi connectivity index (χ1) is 11.8. The molecule has 0 aliphatic rings. The third-order valence-corrected chi connectivity index (χ3v) is 3.86. The Labute approximate surface area is 138 Å². The summed E-state index contributed by atoms with van der Waals surface area (Å²) in [5.41, 5.74) is 2.47. The first kappa shape index (κ1) is 14.2. The molecule has 2 N–H and O–H groups in total. The van der Waals surface area contributed by atoms with E-state index in [1.54, 1.807) is 29.3 Å². The number of H-pyrrole nitrogens is 1. The summed E-state index contributed by atoms with van der Waals surface area (Å²) in [4.78, 5) is 12.9. The lowest BCUT2D eigenvalue weighted by Gasteiger charge is -2.18. The SMILES string of the molecule is O=C(Nc1ccc2cn[nH]c2c1)C(c1ccccc1)n1cccn1. The van der Waals surface area contributed by atoms with Gasteiger partial charge in [0, 0.05) is 23.5 Å². The van der Waals surface area contributed by atoms with E-state index in [4.69, 9.17) is 0 Å². The van der Waals surface area contributed by atoms with E-state index in [2.05, 4.69) is 20.6 Å². The summed E-state index contributed by atoms with van der Waals surface area (Å²) in [7, 11) is 0. The molecule has 0 spiro atoms. The smallest absolute Gasteiger partial charge is 0.253 e. The highest BCUT2D eigenvalue weighted by Gasteiger charge is 2.23. The second-order valence-electron chi connectivity index (χ2n) is 5.46. The summed E-state index contributed by atoms with van der Waals surface area (Å²) < 4.78 is 1.65. The Balaban J connectivity index is 1.66. The monoisotopic (exact) mass is 317 g/mol. The van der Waals surface area contributed by atoms with Crippen molar-refractivity contribution in [3.63, 3.8) is 0 Å². The van der Waals surface area contributed by atoms with Crippen molar-refractivity contribution in [2.75, 3.05) is 5.32 Å². The van der Waals surface area contributed by atoms with Crippen LogP contribution >= 0.6 is 0 Å². The molecule has 0 saturated carbocycles. The van der Waals surface area contributed by atoms with Gasteiger partial charge in [0.1, 0.15) is 0 Å². The van der Waals surface area contributed by atoms with Crippen LogP contribution in [0.4, 0.5) is 5.69 Å². The molecule has 1 atom stereocenters. The molecule has 2 heterocycles. The average molecular weight is 317 g/mol. The standard InChI is InChI=1S/C18H15N5O/c24-18(21-15-8-7-14-12-19-22-16(14)11-15)17(23-10-4-9-20-23)13-5-2-1-3-6-13/h1-12,17H,(H,19,22)(H,21,24). The van der Waals surface area contributed by atoms with Gasteiger partial charge in [-0.3, -0.25) is 14.6 Å². The zero-order valence-electron chi connectivity index (χ0n) is 12.8. The summed E-state index contributed by atoms with van der Waals surface area (Å²) in [5, 5.41) is 15.1. The fourth-order valence-electron chi connectivity index (χ4n) is 2.72. The van der Waals surface area contributed by atoms with Gasteiger partial charge in [-0.25, -0.2) is 0 Å². The molecule has 0 radical (unpaired) electrons. The number of carbonyl (C=O) groups excluding carboxylic acids is 1. The van der Waals surface area contributed by atoms with E-state index in [-0.39, 0.29) is 5.91 Å². The molecular formula is C18H15N5O. The molecule has 0 saturated heterocycles. The number of carbonyl (C=O) groups is 1. The molecule has 4 rings (SSSR count). The van der Waals surface area contributed by atoms with Gasteiger partial charge in [0.05, 0.1) is 11.7 Å². The second-order valence-corrected chi connectivity index (χ2v) is 5.46. The number of hydrogen-bond acceptors (Lipinski definition) is 3. The molecular weight excluding hydrogens is 302 g/mol. The maximum Gasteiger partial charge on any atom is 0.253 e. The van der Waals surface area contributed by atoms with Gasteiger partial charge in [-0.15, -0.1) is 0 Å². The minimum absolute atomic E-state index is 0.149. The molecule has 0 fully saturated rings. The van der Waals surface area contributed by atoms with Gasteiger partial charge in [-0.05, 0) is 29.8 Å². The number of fused-ring (bicyclic) bond motifs is 1. The van der Waals surface area contributed by atoms with E-state index < -0.39 is 6.04 Å². The van der Waals surface area contributed by atoms with Gasteiger partial charge >= 0.3 is 0 Å². The van der Waals surface area contributed by atoms with Crippen molar-refractivity contribution in [2.24, 2.45) is 0 Å². The Morgan fingerprint density at radius 2 is 2.00 bits per heavy atom. The van der Waals surface area contributed by atoms with Gasteiger partial charge in [0.25, 0.3) is 5.91 Å². The summed E-state index contributed by atoms with van der Waals surface area (Å²) >= 11 is 0. The molecule has 0 bridgehead atoms. The number of aromatic nitrogens is 4. The Bertz CT molecular complexity index is 959. The van der Waals surface area contributed by atoms with Crippen LogP contribution in [0.3, 0.4) is 0 Å². The molecule has 0 aliphatic heterocycles. The number of nitrogens with zero attached hydrogens (tertiary/aromatic N) is 3. The topological polar surface area (TPSA) is 75.6 Å². The van der Waals surface area contributed by atoms with Crippen LogP contribution in [-0.4, -0.2) is 25.9 Å². The quantitative estimate of drug-likeness (QED) is 0.607. The predicted molar refractivity (Wildman–Crippen MR) is 91.5 cm³/mol. The number of aromatic amines is 1. The van der Waals surface area contributed by atoms with Crippen molar-refractivity contribution >= 4 is 22.5 Å². The third kappa shape index (κ3) is 2.65. The van der Waals surface area contributed by atoms with E-state index in [0.717, 1.165) is 16.5 Å². The molecule has 0 aliphatic carbocycles. The lowest BCUT2D eigenvalue weighted by molar-refractivity contribution is -0.118. The number of hydrogen-bond donors (Lipinski definition) is 2. The number of anilines is 1. The largest absolute Gasteiger partial charge is 0.324 e. The number of amides is 1. The molecule has 4 aromatic rings. The maximum atomic E-state index is 12.9. The predicted octanol–water partition coefficient (Wildman–Crippen LogP) is 2.99. The molecule has 2 aromatic carbocycles. The fourth-order valence-corrected chi connectivity index (χ4v) is 2.72. The Morgan fingerprint density at radius 1 is 1.12 bits per heavy atom.